The molecule has 1 fully saturated rings. The van der Waals surface area contributed by atoms with Crippen molar-refractivity contribution in [2.75, 3.05) is 19.6 Å². The molecule has 1 aliphatic heterocycles. The van der Waals surface area contributed by atoms with Gasteiger partial charge in [-0.3, -0.25) is 0 Å². The maximum atomic E-state index is 5.35. The minimum absolute atomic E-state index is 0.624. The van der Waals surface area contributed by atoms with Crippen LogP contribution in [0.15, 0.2) is 28.8 Å². The Kier molecular flexibility index (Phi) is 4.11. The Hall–Kier alpha value is -1.68. The molecule has 0 bridgehead atoms. The molecule has 0 unspecified atom stereocenters. The lowest BCUT2D eigenvalue weighted by Crippen LogP contribution is -2.31. The number of benzene rings is 1. The van der Waals surface area contributed by atoms with E-state index in [2.05, 4.69) is 34.1 Å². The minimum atomic E-state index is 0.624. The highest BCUT2D eigenvalue weighted by Gasteiger charge is 2.13. The van der Waals surface area contributed by atoms with Gasteiger partial charge in [0.25, 0.3) is 5.89 Å². The predicted octanol–water partition coefficient (Wildman–Crippen LogP) is 3.07. The summed E-state index contributed by atoms with van der Waals surface area (Å²) in [6.45, 7) is 5.53. The van der Waals surface area contributed by atoms with Crippen molar-refractivity contribution in [1.29, 1.82) is 0 Å². The van der Waals surface area contributed by atoms with Gasteiger partial charge in [-0.15, -0.1) is 0 Å². The molecular formula is C16H21N3O. The Morgan fingerprint density at radius 3 is 2.60 bits per heavy atom. The van der Waals surface area contributed by atoms with E-state index < -0.39 is 0 Å². The van der Waals surface area contributed by atoms with Gasteiger partial charge in [0.05, 0.1) is 0 Å². The van der Waals surface area contributed by atoms with E-state index in [0.717, 1.165) is 24.4 Å². The molecule has 0 atom stereocenters. The van der Waals surface area contributed by atoms with Crippen LogP contribution in [0.2, 0.25) is 0 Å². The molecule has 1 saturated heterocycles. The van der Waals surface area contributed by atoms with E-state index in [9.17, 15) is 0 Å². The summed E-state index contributed by atoms with van der Waals surface area (Å²) in [6, 6.07) is 8.18. The number of aryl methyl sites for hydroxylation is 1. The van der Waals surface area contributed by atoms with Crippen molar-refractivity contribution in [2.24, 2.45) is 0 Å². The fourth-order valence-electron chi connectivity index (χ4n) is 2.61. The number of aromatic nitrogens is 2. The van der Waals surface area contributed by atoms with Crippen molar-refractivity contribution in [3.63, 3.8) is 0 Å². The van der Waals surface area contributed by atoms with E-state index in [-0.39, 0.29) is 0 Å². The molecule has 1 aliphatic rings. The van der Waals surface area contributed by atoms with Crippen molar-refractivity contribution >= 4 is 0 Å². The SMILES string of the molecule is Cc1ccc(-c2nc(CCN3CCCCC3)no2)cc1. The van der Waals surface area contributed by atoms with Gasteiger partial charge in [0.15, 0.2) is 5.82 Å². The Bertz CT molecular complexity index is 541. The number of piperidine rings is 1. The minimum Gasteiger partial charge on any atom is -0.334 e. The first kappa shape index (κ1) is 13.3. The van der Waals surface area contributed by atoms with Gasteiger partial charge in [-0.1, -0.05) is 29.3 Å². The molecule has 4 heteroatoms. The van der Waals surface area contributed by atoms with Crippen LogP contribution in [0, 0.1) is 6.92 Å². The van der Waals surface area contributed by atoms with E-state index in [1.807, 2.05) is 12.1 Å². The second kappa shape index (κ2) is 6.18. The lowest BCUT2D eigenvalue weighted by Gasteiger charge is -2.25. The molecule has 0 N–H and O–H groups in total. The highest BCUT2D eigenvalue weighted by atomic mass is 16.5. The summed E-state index contributed by atoms with van der Waals surface area (Å²) in [5.41, 5.74) is 2.23. The van der Waals surface area contributed by atoms with Crippen molar-refractivity contribution < 1.29 is 4.52 Å². The van der Waals surface area contributed by atoms with Gasteiger partial charge in [-0.05, 0) is 45.0 Å². The lowest BCUT2D eigenvalue weighted by molar-refractivity contribution is 0.229. The van der Waals surface area contributed by atoms with Gasteiger partial charge in [0, 0.05) is 18.5 Å². The first-order chi connectivity index (χ1) is 9.81. The molecule has 20 heavy (non-hydrogen) atoms. The third-order valence-electron chi connectivity index (χ3n) is 3.87. The quantitative estimate of drug-likeness (QED) is 0.857. The van der Waals surface area contributed by atoms with Crippen molar-refractivity contribution in [3.05, 3.63) is 35.7 Å². The monoisotopic (exact) mass is 271 g/mol. The van der Waals surface area contributed by atoms with Gasteiger partial charge >= 0.3 is 0 Å². The first-order valence-corrected chi connectivity index (χ1v) is 7.43. The fraction of sp³-hybridized carbons (Fsp3) is 0.500. The van der Waals surface area contributed by atoms with E-state index >= 15 is 0 Å². The smallest absolute Gasteiger partial charge is 0.257 e. The second-order valence-electron chi connectivity index (χ2n) is 5.53. The van der Waals surface area contributed by atoms with E-state index in [4.69, 9.17) is 4.52 Å². The molecule has 0 radical (unpaired) electrons. The van der Waals surface area contributed by atoms with Crippen LogP contribution in [0.3, 0.4) is 0 Å². The van der Waals surface area contributed by atoms with Gasteiger partial charge in [0.1, 0.15) is 0 Å². The molecule has 0 amide bonds. The van der Waals surface area contributed by atoms with E-state index in [1.165, 1.54) is 37.9 Å². The zero-order valence-corrected chi connectivity index (χ0v) is 12.0. The Morgan fingerprint density at radius 2 is 1.85 bits per heavy atom. The molecule has 3 rings (SSSR count). The van der Waals surface area contributed by atoms with Crippen molar-refractivity contribution in [3.8, 4) is 11.5 Å². The number of rotatable bonds is 4. The summed E-state index contributed by atoms with van der Waals surface area (Å²) in [4.78, 5) is 6.98. The summed E-state index contributed by atoms with van der Waals surface area (Å²) in [5, 5.41) is 4.09. The van der Waals surface area contributed by atoms with Gasteiger partial charge in [0.2, 0.25) is 0 Å². The number of nitrogens with zero attached hydrogens (tertiary/aromatic N) is 3. The van der Waals surface area contributed by atoms with Crippen LogP contribution in [0.25, 0.3) is 11.5 Å². The molecule has 4 nitrogen and oxygen atoms in total. The van der Waals surface area contributed by atoms with Crippen LogP contribution in [0.4, 0.5) is 0 Å². The van der Waals surface area contributed by atoms with Crippen LogP contribution in [-0.4, -0.2) is 34.7 Å². The summed E-state index contributed by atoms with van der Waals surface area (Å²) in [5.74, 6) is 1.43. The summed E-state index contributed by atoms with van der Waals surface area (Å²) >= 11 is 0. The highest BCUT2D eigenvalue weighted by molar-refractivity contribution is 5.53. The van der Waals surface area contributed by atoms with Gasteiger partial charge in [-0.25, -0.2) is 0 Å². The zero-order valence-electron chi connectivity index (χ0n) is 12.0. The topological polar surface area (TPSA) is 42.2 Å². The van der Waals surface area contributed by atoms with Crippen LogP contribution in [0.5, 0.6) is 0 Å². The number of hydrogen-bond acceptors (Lipinski definition) is 4. The molecule has 106 valence electrons. The molecule has 1 aromatic carbocycles. The van der Waals surface area contributed by atoms with E-state index in [0.29, 0.717) is 5.89 Å². The second-order valence-corrected chi connectivity index (χ2v) is 5.53. The highest BCUT2D eigenvalue weighted by Crippen LogP contribution is 2.18. The maximum Gasteiger partial charge on any atom is 0.257 e. The van der Waals surface area contributed by atoms with Gasteiger partial charge < -0.3 is 9.42 Å². The van der Waals surface area contributed by atoms with Crippen LogP contribution >= 0.6 is 0 Å². The first-order valence-electron chi connectivity index (χ1n) is 7.43. The molecule has 0 aliphatic carbocycles. The standard InChI is InChI=1S/C16H21N3O/c1-13-5-7-14(8-6-13)16-17-15(18-20-16)9-12-19-10-3-2-4-11-19/h5-8H,2-4,9-12H2,1H3. The fourth-order valence-corrected chi connectivity index (χ4v) is 2.61. The normalized spacial score (nSPS) is 16.4. The molecule has 2 heterocycles. The Labute approximate surface area is 119 Å². The molecular weight excluding hydrogens is 250 g/mol. The summed E-state index contributed by atoms with van der Waals surface area (Å²) < 4.78 is 5.35. The van der Waals surface area contributed by atoms with Gasteiger partial charge in [-0.2, -0.15) is 4.98 Å². The van der Waals surface area contributed by atoms with Crippen molar-refractivity contribution in [1.82, 2.24) is 15.0 Å². The third kappa shape index (κ3) is 3.25. The predicted molar refractivity (Wildman–Crippen MR) is 78.5 cm³/mol. The summed E-state index contributed by atoms with van der Waals surface area (Å²) in [6.07, 6.45) is 4.88. The maximum absolute atomic E-state index is 5.35. The van der Waals surface area contributed by atoms with Crippen LogP contribution in [-0.2, 0) is 6.42 Å². The lowest BCUT2D eigenvalue weighted by atomic mass is 10.1. The van der Waals surface area contributed by atoms with E-state index in [1.54, 1.807) is 0 Å². The third-order valence-corrected chi connectivity index (χ3v) is 3.87. The number of likely N-dealkylation sites (tertiary alicyclic amines) is 1. The largest absolute Gasteiger partial charge is 0.334 e. The molecule has 0 saturated carbocycles. The van der Waals surface area contributed by atoms with Crippen LogP contribution < -0.4 is 0 Å². The van der Waals surface area contributed by atoms with Crippen LogP contribution in [0.1, 0.15) is 30.7 Å². The average molecular weight is 271 g/mol. The zero-order chi connectivity index (χ0) is 13.8. The summed E-state index contributed by atoms with van der Waals surface area (Å²) in [7, 11) is 0. The molecule has 0 spiro atoms. The van der Waals surface area contributed by atoms with Crippen molar-refractivity contribution in [2.45, 2.75) is 32.6 Å². The Balaban J connectivity index is 1.60. The number of hydrogen-bond donors (Lipinski definition) is 0. The molecule has 2 aromatic rings. The average Bonchev–Trinajstić information content (AvgIpc) is 2.96. The molecule has 1 aromatic heterocycles. The Morgan fingerprint density at radius 1 is 1.10 bits per heavy atom.